The van der Waals surface area contributed by atoms with Gasteiger partial charge in [-0.05, 0) is 72.4 Å². The molecular weight excluding hydrogens is 488 g/mol. The molecule has 3 aliphatic rings. The summed E-state index contributed by atoms with van der Waals surface area (Å²) in [5.74, 6) is 0.0166. The molecule has 2 amide bonds. The van der Waals surface area contributed by atoms with Gasteiger partial charge in [0.15, 0.2) is 0 Å². The summed E-state index contributed by atoms with van der Waals surface area (Å²) < 4.78 is 10.8. The van der Waals surface area contributed by atoms with Crippen LogP contribution in [0.25, 0.3) is 0 Å². The molecule has 3 aliphatic heterocycles. The fraction of sp³-hybridized carbons (Fsp3) is 0.846. The molecule has 0 bridgehead atoms. The minimum absolute atomic E-state index is 0.244. The van der Waals surface area contributed by atoms with E-state index in [-0.39, 0.29) is 12.5 Å². The molecule has 2 atom stereocenters. The maximum absolute atomic E-state index is 13.5. The molecule has 2 unspecified atom stereocenters. The van der Waals surface area contributed by atoms with Crippen molar-refractivity contribution in [3.05, 3.63) is 0 Å². The fourth-order valence-corrected chi connectivity index (χ4v) is 4.89. The van der Waals surface area contributed by atoms with Crippen LogP contribution in [0.2, 0.25) is 0 Å². The third kappa shape index (κ3) is 10.7. The van der Waals surface area contributed by atoms with Crippen molar-refractivity contribution >= 4 is 18.0 Å². The van der Waals surface area contributed by atoms with Crippen LogP contribution < -0.4 is 10.6 Å². The van der Waals surface area contributed by atoms with Crippen LogP contribution in [0.15, 0.2) is 4.99 Å². The number of hydrogen-bond acceptors (Lipinski definition) is 9. The van der Waals surface area contributed by atoms with Crippen molar-refractivity contribution in [2.75, 3.05) is 92.8 Å². The lowest BCUT2D eigenvalue weighted by molar-refractivity contribution is -0.123. The Balaban J connectivity index is 1.72. The number of nitrogens with one attached hydrogen (secondary N) is 2. The SMILES string of the molecule is CN(C)CCOC(=O)NC(=NC(CN1CCCCC1)C(=O)NC(C#N)CCN1CCCC1)N1CCOCC1. The predicted octanol–water partition coefficient (Wildman–Crippen LogP) is 0.311. The molecule has 0 aromatic carbocycles. The highest BCUT2D eigenvalue weighted by molar-refractivity contribution is 5.96. The van der Waals surface area contributed by atoms with E-state index in [4.69, 9.17) is 14.5 Å². The minimum atomic E-state index is -0.768. The second kappa shape index (κ2) is 16.5. The summed E-state index contributed by atoms with van der Waals surface area (Å²) in [4.78, 5) is 39.4. The molecule has 2 N–H and O–H groups in total. The Morgan fingerprint density at radius 2 is 1.68 bits per heavy atom. The Hall–Kier alpha value is -2.46. The number of rotatable bonds is 11. The van der Waals surface area contributed by atoms with Crippen LogP contribution in [0, 0.1) is 11.3 Å². The van der Waals surface area contributed by atoms with E-state index in [1.807, 2.05) is 23.9 Å². The number of morpholine rings is 1. The number of carbonyl (C=O) groups excluding carboxylic acids is 2. The molecule has 12 nitrogen and oxygen atoms in total. The summed E-state index contributed by atoms with van der Waals surface area (Å²) in [6.07, 6.45) is 5.70. The lowest BCUT2D eigenvalue weighted by Crippen LogP contribution is -2.52. The quantitative estimate of drug-likeness (QED) is 0.285. The van der Waals surface area contributed by atoms with Crippen LogP contribution in [-0.4, -0.2) is 142 Å². The third-order valence-corrected chi connectivity index (χ3v) is 7.16. The van der Waals surface area contributed by atoms with Gasteiger partial charge in [-0.1, -0.05) is 6.42 Å². The Bertz CT molecular complexity index is 800. The Kier molecular flexibility index (Phi) is 13.1. The van der Waals surface area contributed by atoms with Crippen molar-refractivity contribution in [1.82, 2.24) is 30.2 Å². The number of nitriles is 1. The average Bonchev–Trinajstić information content (AvgIpc) is 3.44. The largest absolute Gasteiger partial charge is 0.448 e. The molecule has 3 rings (SSSR count). The zero-order chi connectivity index (χ0) is 27.2. The van der Waals surface area contributed by atoms with Gasteiger partial charge in [0.1, 0.15) is 18.7 Å². The Morgan fingerprint density at radius 3 is 2.34 bits per heavy atom. The fourth-order valence-electron chi connectivity index (χ4n) is 4.89. The molecule has 3 heterocycles. The number of nitrogens with zero attached hydrogens (tertiary/aromatic N) is 6. The maximum atomic E-state index is 13.5. The summed E-state index contributed by atoms with van der Waals surface area (Å²) in [6.45, 7) is 8.08. The van der Waals surface area contributed by atoms with Crippen molar-refractivity contribution in [1.29, 1.82) is 5.26 Å². The minimum Gasteiger partial charge on any atom is -0.448 e. The van der Waals surface area contributed by atoms with Crippen LogP contribution in [0.1, 0.15) is 38.5 Å². The Morgan fingerprint density at radius 1 is 1.03 bits per heavy atom. The molecular formula is C26H46N8O4. The van der Waals surface area contributed by atoms with Crippen LogP contribution in [-0.2, 0) is 14.3 Å². The van der Waals surface area contributed by atoms with Gasteiger partial charge >= 0.3 is 6.09 Å². The number of likely N-dealkylation sites (tertiary alicyclic amines) is 2. The number of carbonyl (C=O) groups is 2. The number of likely N-dealkylation sites (N-methyl/N-ethyl adjacent to an activating group) is 1. The van der Waals surface area contributed by atoms with Crippen molar-refractivity contribution in [3.63, 3.8) is 0 Å². The van der Waals surface area contributed by atoms with Gasteiger partial charge in [0, 0.05) is 32.7 Å². The van der Waals surface area contributed by atoms with E-state index >= 15 is 0 Å². The summed E-state index contributed by atoms with van der Waals surface area (Å²) in [7, 11) is 3.82. The lowest BCUT2D eigenvalue weighted by atomic mass is 10.1. The zero-order valence-corrected chi connectivity index (χ0v) is 23.2. The standard InChI is InChI=1S/C26H46N8O4/c1-31(2)14-19-38-26(36)30-25(34-15-17-37-18-16-34)29-23(21-33-11-4-3-5-12-33)24(35)28-22(20-27)8-13-32-9-6-7-10-32/h22-23H,3-19,21H2,1-2H3,(H,28,35)(H,29,30,36). The summed E-state index contributed by atoms with van der Waals surface area (Å²) >= 11 is 0. The first-order valence-electron chi connectivity index (χ1n) is 14.1. The van der Waals surface area contributed by atoms with Gasteiger partial charge in [0.25, 0.3) is 0 Å². The summed E-state index contributed by atoms with van der Waals surface area (Å²) in [5.41, 5.74) is 0. The first-order chi connectivity index (χ1) is 18.4. The topological polar surface area (TPSA) is 126 Å². The van der Waals surface area contributed by atoms with Crippen LogP contribution in [0.5, 0.6) is 0 Å². The number of piperidine rings is 1. The monoisotopic (exact) mass is 534 g/mol. The molecule has 0 radical (unpaired) electrons. The number of aliphatic imine (C=N–C) groups is 1. The summed E-state index contributed by atoms with van der Waals surface area (Å²) in [6, 6.07) is 0.902. The van der Waals surface area contributed by atoms with E-state index in [9.17, 15) is 14.9 Å². The normalized spacial score (nSPS) is 21.1. The van der Waals surface area contributed by atoms with Crippen LogP contribution in [0.3, 0.4) is 0 Å². The van der Waals surface area contributed by atoms with Crippen LogP contribution in [0.4, 0.5) is 4.79 Å². The molecule has 3 saturated heterocycles. The predicted molar refractivity (Wildman–Crippen MR) is 145 cm³/mol. The first kappa shape index (κ1) is 30.1. The van der Waals surface area contributed by atoms with E-state index < -0.39 is 18.2 Å². The van der Waals surface area contributed by atoms with Gasteiger partial charge in [0.05, 0.1) is 19.3 Å². The van der Waals surface area contributed by atoms with E-state index in [0.29, 0.717) is 51.8 Å². The number of guanidine groups is 1. The molecule has 0 saturated carbocycles. The number of alkyl carbamates (subject to hydrolysis) is 1. The van der Waals surface area contributed by atoms with Crippen molar-refractivity contribution in [2.24, 2.45) is 4.99 Å². The second-order valence-electron chi connectivity index (χ2n) is 10.5. The lowest BCUT2D eigenvalue weighted by Gasteiger charge is -2.32. The molecule has 0 spiro atoms. The Labute approximate surface area is 227 Å². The molecule has 214 valence electrons. The van der Waals surface area contributed by atoms with Gasteiger partial charge in [-0.15, -0.1) is 0 Å². The molecule has 0 aromatic heterocycles. The highest BCUT2D eigenvalue weighted by Gasteiger charge is 2.28. The second-order valence-corrected chi connectivity index (χ2v) is 10.5. The number of amides is 2. The van der Waals surface area contributed by atoms with E-state index in [1.54, 1.807) is 0 Å². The van der Waals surface area contributed by atoms with Gasteiger partial charge in [-0.2, -0.15) is 5.26 Å². The smallest absolute Gasteiger partial charge is 0.414 e. The highest BCUT2D eigenvalue weighted by Crippen LogP contribution is 2.12. The van der Waals surface area contributed by atoms with Crippen molar-refractivity contribution in [2.45, 2.75) is 50.6 Å². The number of ether oxygens (including phenoxy) is 2. The molecule has 3 fully saturated rings. The van der Waals surface area contributed by atoms with Gasteiger partial charge in [-0.3, -0.25) is 10.1 Å². The molecule has 0 aromatic rings. The van der Waals surface area contributed by atoms with Gasteiger partial charge in [0.2, 0.25) is 11.9 Å². The summed E-state index contributed by atoms with van der Waals surface area (Å²) in [5, 5.41) is 15.5. The number of hydrogen-bond donors (Lipinski definition) is 2. The van der Waals surface area contributed by atoms with E-state index in [1.165, 1.54) is 19.3 Å². The van der Waals surface area contributed by atoms with E-state index in [2.05, 4.69) is 26.5 Å². The molecule has 12 heteroatoms. The zero-order valence-electron chi connectivity index (χ0n) is 23.2. The van der Waals surface area contributed by atoms with Crippen LogP contribution >= 0.6 is 0 Å². The average molecular weight is 535 g/mol. The molecule has 38 heavy (non-hydrogen) atoms. The maximum Gasteiger partial charge on any atom is 0.414 e. The van der Waals surface area contributed by atoms with Gasteiger partial charge < -0.3 is 34.4 Å². The van der Waals surface area contributed by atoms with Crippen molar-refractivity contribution in [3.8, 4) is 6.07 Å². The first-order valence-corrected chi connectivity index (χ1v) is 14.1. The van der Waals surface area contributed by atoms with Crippen molar-refractivity contribution < 1.29 is 19.1 Å². The molecule has 0 aliphatic carbocycles. The third-order valence-electron chi connectivity index (χ3n) is 7.16. The highest BCUT2D eigenvalue weighted by atomic mass is 16.5. The van der Waals surface area contributed by atoms with E-state index in [0.717, 1.165) is 45.6 Å². The van der Waals surface area contributed by atoms with Gasteiger partial charge in [-0.25, -0.2) is 9.79 Å².